The third-order valence-electron chi connectivity index (χ3n) is 3.17. The normalized spacial score (nSPS) is 15.3. The van der Waals surface area contributed by atoms with E-state index in [1.165, 1.54) is 9.47 Å². The lowest BCUT2D eigenvalue weighted by Gasteiger charge is -2.30. The van der Waals surface area contributed by atoms with Crippen molar-refractivity contribution in [3.05, 3.63) is 11.1 Å². The molecule has 2 heterocycles. The Kier molecular flexibility index (Phi) is 3.12. The number of hydrogen-bond donors (Lipinski definition) is 2. The van der Waals surface area contributed by atoms with Crippen LogP contribution in [0.2, 0.25) is 0 Å². The summed E-state index contributed by atoms with van der Waals surface area (Å²) < 4.78 is 6.63. The lowest BCUT2D eigenvalue weighted by molar-refractivity contribution is 0.0222. The van der Waals surface area contributed by atoms with Crippen LogP contribution >= 0.6 is 0 Å². The Balaban J connectivity index is 2.19. The van der Waals surface area contributed by atoms with Crippen LogP contribution in [0.3, 0.4) is 0 Å². The molecule has 6 heteroatoms. The monoisotopic (exact) mass is 268 g/mol. The minimum atomic E-state index is -0.543. The van der Waals surface area contributed by atoms with Gasteiger partial charge in [0.25, 0.3) is 0 Å². The molecule has 0 bridgehead atoms. The van der Waals surface area contributed by atoms with Crippen molar-refractivity contribution in [2.45, 2.75) is 39.3 Å². The van der Waals surface area contributed by atoms with Crippen molar-refractivity contribution < 1.29 is 19.7 Å². The van der Waals surface area contributed by atoms with Gasteiger partial charge in [0.2, 0.25) is 0 Å². The van der Waals surface area contributed by atoms with Gasteiger partial charge >= 0.3 is 6.09 Å². The molecule has 0 atom stereocenters. The number of fused-ring (bicyclic) bond motifs is 1. The van der Waals surface area contributed by atoms with Crippen LogP contribution in [0, 0.1) is 0 Å². The second kappa shape index (κ2) is 4.36. The van der Waals surface area contributed by atoms with Crippen molar-refractivity contribution in [1.29, 1.82) is 0 Å². The molecule has 0 fully saturated rings. The van der Waals surface area contributed by atoms with E-state index in [1.807, 2.05) is 20.8 Å². The third kappa shape index (κ3) is 2.47. The molecular formula is C13H20N2O4. The Hall–Kier alpha value is -1.85. The van der Waals surface area contributed by atoms with Crippen LogP contribution < -0.4 is 0 Å². The Morgan fingerprint density at radius 1 is 1.21 bits per heavy atom. The molecule has 1 aliphatic heterocycles. The smallest absolute Gasteiger partial charge is 0.410 e. The van der Waals surface area contributed by atoms with Crippen molar-refractivity contribution >= 4 is 6.09 Å². The van der Waals surface area contributed by atoms with Crippen LogP contribution in [0.15, 0.2) is 0 Å². The number of nitrogens with zero attached hydrogens (tertiary/aromatic N) is 2. The Morgan fingerprint density at radius 3 is 2.37 bits per heavy atom. The number of carbonyl (C=O) groups is 1. The van der Waals surface area contributed by atoms with Crippen LogP contribution in [-0.4, -0.2) is 37.9 Å². The van der Waals surface area contributed by atoms with Crippen LogP contribution in [0.5, 0.6) is 11.8 Å². The summed E-state index contributed by atoms with van der Waals surface area (Å²) in [6.45, 7) is 6.16. The number of ether oxygens (including phenoxy) is 1. The predicted molar refractivity (Wildman–Crippen MR) is 69.1 cm³/mol. The summed E-state index contributed by atoms with van der Waals surface area (Å²) in [6, 6.07) is 0. The highest BCUT2D eigenvalue weighted by atomic mass is 16.6. The van der Waals surface area contributed by atoms with Crippen molar-refractivity contribution in [1.82, 2.24) is 9.47 Å². The molecule has 1 aromatic rings. The number of carbonyl (C=O) groups excluding carboxylic acids is 1. The van der Waals surface area contributed by atoms with E-state index in [2.05, 4.69) is 0 Å². The molecule has 0 aliphatic carbocycles. The fraction of sp³-hybridized carbons (Fsp3) is 0.615. The summed E-state index contributed by atoms with van der Waals surface area (Å²) in [5.74, 6) is 0.0668. The lowest BCUT2D eigenvalue weighted by atomic mass is 10.0. The van der Waals surface area contributed by atoms with Gasteiger partial charge in [-0.3, -0.25) is 4.57 Å². The van der Waals surface area contributed by atoms with Crippen LogP contribution in [0.25, 0.3) is 0 Å². The van der Waals surface area contributed by atoms with E-state index in [0.717, 1.165) is 0 Å². The zero-order chi connectivity index (χ0) is 14.4. The summed E-state index contributed by atoms with van der Waals surface area (Å²) in [5, 5.41) is 19.8. The minimum absolute atomic E-state index is 0.000702. The molecule has 0 spiro atoms. The molecule has 1 amide bonds. The van der Waals surface area contributed by atoms with Crippen molar-refractivity contribution in [3.8, 4) is 11.8 Å². The average Bonchev–Trinajstić information content (AvgIpc) is 2.52. The highest BCUT2D eigenvalue weighted by Gasteiger charge is 2.31. The molecule has 6 nitrogen and oxygen atoms in total. The van der Waals surface area contributed by atoms with E-state index in [0.29, 0.717) is 24.1 Å². The first-order valence-electron chi connectivity index (χ1n) is 6.27. The summed E-state index contributed by atoms with van der Waals surface area (Å²) in [7, 11) is 1.58. The van der Waals surface area contributed by atoms with Crippen LogP contribution in [-0.2, 0) is 24.8 Å². The average molecular weight is 268 g/mol. The van der Waals surface area contributed by atoms with E-state index >= 15 is 0 Å². The molecule has 0 aromatic carbocycles. The number of hydrogen-bond acceptors (Lipinski definition) is 4. The number of amides is 1. The molecule has 0 saturated heterocycles. The standard InChI is InChI=1S/C13H20N2O4/c1-13(2,3)19-12(18)15-6-5-8-9(7-15)11(17)14(4)10(8)16/h16-17H,5-7H2,1-4H3. The van der Waals surface area contributed by atoms with Gasteiger partial charge in [-0.05, 0) is 27.2 Å². The van der Waals surface area contributed by atoms with Gasteiger partial charge in [-0.25, -0.2) is 4.79 Å². The topological polar surface area (TPSA) is 74.9 Å². The van der Waals surface area contributed by atoms with E-state index < -0.39 is 11.7 Å². The first-order chi connectivity index (χ1) is 8.70. The Bertz CT molecular complexity index is 514. The number of aromatic nitrogens is 1. The Morgan fingerprint density at radius 2 is 1.79 bits per heavy atom. The summed E-state index contributed by atoms with van der Waals surface area (Å²) in [5.41, 5.74) is 0.759. The molecular weight excluding hydrogens is 248 g/mol. The summed E-state index contributed by atoms with van der Waals surface area (Å²) >= 11 is 0. The van der Waals surface area contributed by atoms with E-state index in [4.69, 9.17) is 4.74 Å². The highest BCUT2D eigenvalue weighted by Crippen LogP contribution is 2.36. The maximum atomic E-state index is 12.0. The molecule has 0 radical (unpaired) electrons. The summed E-state index contributed by atoms with van der Waals surface area (Å²) in [6.07, 6.45) is 0.107. The fourth-order valence-electron chi connectivity index (χ4n) is 2.20. The minimum Gasteiger partial charge on any atom is -0.494 e. The van der Waals surface area contributed by atoms with E-state index in [-0.39, 0.29) is 18.3 Å². The lowest BCUT2D eigenvalue weighted by Crippen LogP contribution is -2.39. The molecule has 1 aromatic heterocycles. The largest absolute Gasteiger partial charge is 0.494 e. The molecule has 2 rings (SSSR count). The second-order valence-corrected chi connectivity index (χ2v) is 5.82. The van der Waals surface area contributed by atoms with Crippen molar-refractivity contribution in [3.63, 3.8) is 0 Å². The number of rotatable bonds is 0. The first kappa shape index (κ1) is 13.6. The molecule has 0 unspecified atom stereocenters. The van der Waals surface area contributed by atoms with Gasteiger partial charge in [-0.15, -0.1) is 0 Å². The Labute approximate surface area is 112 Å². The summed E-state index contributed by atoms with van der Waals surface area (Å²) in [4.78, 5) is 13.5. The maximum absolute atomic E-state index is 12.0. The fourth-order valence-corrected chi connectivity index (χ4v) is 2.20. The number of aromatic hydroxyl groups is 2. The third-order valence-corrected chi connectivity index (χ3v) is 3.17. The zero-order valence-electron chi connectivity index (χ0n) is 11.7. The van der Waals surface area contributed by atoms with Gasteiger partial charge < -0.3 is 19.8 Å². The van der Waals surface area contributed by atoms with E-state index in [1.54, 1.807) is 7.05 Å². The van der Waals surface area contributed by atoms with Gasteiger partial charge in [0, 0.05) is 24.7 Å². The van der Waals surface area contributed by atoms with Crippen LogP contribution in [0.1, 0.15) is 31.9 Å². The zero-order valence-corrected chi connectivity index (χ0v) is 11.7. The quantitative estimate of drug-likeness (QED) is 0.751. The molecule has 0 saturated carbocycles. The van der Waals surface area contributed by atoms with Gasteiger partial charge in [0.05, 0.1) is 6.54 Å². The SMILES string of the molecule is Cn1c(O)c2c(c1O)CN(C(=O)OC(C)(C)C)CC2. The molecule has 19 heavy (non-hydrogen) atoms. The van der Waals surface area contributed by atoms with Crippen molar-refractivity contribution in [2.24, 2.45) is 7.05 Å². The van der Waals surface area contributed by atoms with Gasteiger partial charge in [-0.2, -0.15) is 0 Å². The van der Waals surface area contributed by atoms with Gasteiger partial charge in [0.15, 0.2) is 11.8 Å². The van der Waals surface area contributed by atoms with Crippen molar-refractivity contribution in [2.75, 3.05) is 6.54 Å². The second-order valence-electron chi connectivity index (χ2n) is 5.82. The maximum Gasteiger partial charge on any atom is 0.410 e. The van der Waals surface area contributed by atoms with Gasteiger partial charge in [0.1, 0.15) is 5.60 Å². The molecule has 1 aliphatic rings. The molecule has 2 N–H and O–H groups in total. The predicted octanol–water partition coefficient (Wildman–Crippen LogP) is 1.73. The first-order valence-corrected chi connectivity index (χ1v) is 6.27. The van der Waals surface area contributed by atoms with Crippen LogP contribution in [0.4, 0.5) is 4.79 Å². The van der Waals surface area contributed by atoms with E-state index in [9.17, 15) is 15.0 Å². The molecule has 106 valence electrons. The van der Waals surface area contributed by atoms with Gasteiger partial charge in [-0.1, -0.05) is 0 Å². The highest BCUT2D eigenvalue weighted by molar-refractivity contribution is 5.69.